The highest BCUT2D eigenvalue weighted by atomic mass is 32.2. The quantitative estimate of drug-likeness (QED) is 0.214. The molecule has 0 aromatic carbocycles. The number of piperidine rings is 1. The van der Waals surface area contributed by atoms with Crippen LogP contribution in [-0.2, 0) is 29.3 Å². The molecule has 2 aliphatic heterocycles. The largest absolute Gasteiger partial charge is 0.374 e. The number of amides is 4. The summed E-state index contributed by atoms with van der Waals surface area (Å²) >= 11 is 0. The summed E-state index contributed by atoms with van der Waals surface area (Å²) in [7, 11) is -4.94. The zero-order valence-electron chi connectivity index (χ0n) is 22.3. The molecule has 38 heavy (non-hydrogen) atoms. The molecule has 4 aliphatic rings. The summed E-state index contributed by atoms with van der Waals surface area (Å²) in [6.07, 6.45) is 2.09. The Labute approximate surface area is 223 Å². The van der Waals surface area contributed by atoms with Gasteiger partial charge in [0.25, 0.3) is 10.1 Å². The van der Waals surface area contributed by atoms with Crippen molar-refractivity contribution in [3.05, 3.63) is 0 Å². The van der Waals surface area contributed by atoms with E-state index in [4.69, 9.17) is 0 Å². The van der Waals surface area contributed by atoms with Crippen LogP contribution in [-0.4, -0.2) is 83.3 Å². The van der Waals surface area contributed by atoms with Gasteiger partial charge < -0.3 is 26.0 Å². The van der Waals surface area contributed by atoms with Crippen molar-refractivity contribution in [1.82, 2.24) is 20.9 Å². The molecule has 1 unspecified atom stereocenters. The Morgan fingerprint density at radius 2 is 1.82 bits per heavy atom. The monoisotopic (exact) mass is 556 g/mol. The Balaban J connectivity index is 1.54. The number of hydrogen-bond donors (Lipinski definition) is 5. The smallest absolute Gasteiger partial charge is 0.294 e. The Bertz CT molecular complexity index is 1090. The molecule has 13 heteroatoms. The third-order valence-electron chi connectivity index (χ3n) is 8.71. The number of hydrogen-bond acceptors (Lipinski definition) is 7. The number of aliphatic hydroxyl groups is 1. The van der Waals surface area contributed by atoms with Crippen molar-refractivity contribution in [2.45, 2.75) is 83.4 Å². The van der Waals surface area contributed by atoms with E-state index in [-0.39, 0.29) is 59.6 Å². The average Bonchev–Trinajstić information content (AvgIpc) is 3.60. The van der Waals surface area contributed by atoms with Gasteiger partial charge in [-0.25, -0.2) is 0 Å². The molecule has 5 N–H and O–H groups in total. The Morgan fingerprint density at radius 3 is 2.34 bits per heavy atom. The van der Waals surface area contributed by atoms with E-state index in [2.05, 4.69) is 16.0 Å². The van der Waals surface area contributed by atoms with Gasteiger partial charge in [-0.1, -0.05) is 27.7 Å². The summed E-state index contributed by atoms with van der Waals surface area (Å²) in [6, 6.07) is -3.12. The van der Waals surface area contributed by atoms with Gasteiger partial charge in [-0.15, -0.1) is 0 Å². The highest BCUT2D eigenvalue weighted by Gasteiger charge is 2.70. The van der Waals surface area contributed by atoms with E-state index in [0.29, 0.717) is 19.5 Å². The van der Waals surface area contributed by atoms with Crippen molar-refractivity contribution in [2.75, 3.05) is 13.1 Å². The molecule has 2 saturated heterocycles. The van der Waals surface area contributed by atoms with Gasteiger partial charge in [-0.05, 0) is 54.8 Å². The summed E-state index contributed by atoms with van der Waals surface area (Å²) in [4.78, 5) is 53.5. The first-order valence-corrected chi connectivity index (χ1v) is 15.0. The molecule has 2 saturated carbocycles. The molecule has 214 valence electrons. The van der Waals surface area contributed by atoms with Crippen molar-refractivity contribution >= 4 is 33.7 Å². The normalized spacial score (nSPS) is 30.3. The Kier molecular flexibility index (Phi) is 7.85. The van der Waals surface area contributed by atoms with Crippen molar-refractivity contribution in [3.8, 4) is 0 Å². The maximum atomic E-state index is 13.7. The van der Waals surface area contributed by atoms with E-state index in [0.717, 1.165) is 12.8 Å². The first-order valence-electron chi connectivity index (χ1n) is 13.4. The minimum absolute atomic E-state index is 0.00208. The number of nitrogens with zero attached hydrogens (tertiary/aromatic N) is 1. The van der Waals surface area contributed by atoms with Crippen LogP contribution in [0.3, 0.4) is 0 Å². The molecule has 7 atom stereocenters. The molecule has 0 aromatic heterocycles. The van der Waals surface area contributed by atoms with Crippen molar-refractivity contribution in [1.29, 1.82) is 0 Å². The standard InChI is InChI=1S/C25H40N4O8S/c1-12(2)9-17(30)28-19(13-5-6-13)23(33)29-11-15-18(25(15,3)4)20(29)22(32)27-16(24(34)38(35,36)37)10-14-7-8-26-21(14)31/h12-16,18-20,24,34H,5-11H2,1-4H3,(H,26,31)(H,27,32)(H,28,30)(H,35,36,37)/t14-,15-,16-,18-,19-,20-,24?/m0/s1. The molecule has 0 bridgehead atoms. The summed E-state index contributed by atoms with van der Waals surface area (Å²) in [5.41, 5.74) is -2.56. The van der Waals surface area contributed by atoms with Crippen molar-refractivity contribution < 1.29 is 37.3 Å². The summed E-state index contributed by atoms with van der Waals surface area (Å²) in [6.45, 7) is 8.54. The lowest BCUT2D eigenvalue weighted by Gasteiger charge is -2.34. The van der Waals surface area contributed by atoms with Crippen LogP contribution in [0, 0.1) is 35.0 Å². The van der Waals surface area contributed by atoms with Crippen molar-refractivity contribution in [3.63, 3.8) is 0 Å². The number of aliphatic hydroxyl groups excluding tert-OH is 1. The number of nitrogens with one attached hydrogen (secondary N) is 3. The first kappa shape index (κ1) is 28.8. The third kappa shape index (κ3) is 5.84. The predicted octanol–water partition coefficient (Wildman–Crippen LogP) is -0.372. The van der Waals surface area contributed by atoms with E-state index in [1.165, 1.54) is 4.90 Å². The van der Waals surface area contributed by atoms with Crippen LogP contribution >= 0.6 is 0 Å². The molecular formula is C25H40N4O8S. The second kappa shape index (κ2) is 10.4. The van der Waals surface area contributed by atoms with Gasteiger partial charge >= 0.3 is 0 Å². The number of rotatable bonds is 11. The second-order valence-electron chi connectivity index (χ2n) is 12.4. The Morgan fingerprint density at radius 1 is 1.16 bits per heavy atom. The van der Waals surface area contributed by atoms with E-state index in [1.807, 2.05) is 27.7 Å². The van der Waals surface area contributed by atoms with Crippen LogP contribution in [0.25, 0.3) is 0 Å². The number of likely N-dealkylation sites (tertiary alicyclic amines) is 1. The summed E-state index contributed by atoms with van der Waals surface area (Å²) in [5.74, 6) is -2.17. The minimum atomic E-state index is -4.94. The molecule has 0 radical (unpaired) electrons. The van der Waals surface area contributed by atoms with Gasteiger partial charge in [0, 0.05) is 25.4 Å². The van der Waals surface area contributed by atoms with Crippen LogP contribution in [0.15, 0.2) is 0 Å². The maximum absolute atomic E-state index is 13.7. The summed E-state index contributed by atoms with van der Waals surface area (Å²) < 4.78 is 33.1. The zero-order chi connectivity index (χ0) is 28.2. The fourth-order valence-electron chi connectivity index (χ4n) is 6.30. The predicted molar refractivity (Wildman–Crippen MR) is 136 cm³/mol. The molecule has 0 spiro atoms. The third-order valence-corrected chi connectivity index (χ3v) is 9.65. The van der Waals surface area contributed by atoms with E-state index < -0.39 is 45.5 Å². The summed E-state index contributed by atoms with van der Waals surface area (Å²) in [5, 5.41) is 18.4. The molecule has 0 aromatic rings. The molecule has 4 rings (SSSR count). The average molecular weight is 557 g/mol. The van der Waals surface area contributed by atoms with Gasteiger partial charge in [0.1, 0.15) is 12.1 Å². The van der Waals surface area contributed by atoms with Crippen LogP contribution < -0.4 is 16.0 Å². The lowest BCUT2D eigenvalue weighted by atomic mass is 9.96. The van der Waals surface area contributed by atoms with Crippen LogP contribution in [0.1, 0.15) is 59.8 Å². The number of carbonyl (C=O) groups excluding carboxylic acids is 4. The number of fused-ring (bicyclic) bond motifs is 1. The van der Waals surface area contributed by atoms with Gasteiger partial charge in [-0.3, -0.25) is 23.7 Å². The fourth-order valence-corrected chi connectivity index (χ4v) is 6.90. The van der Waals surface area contributed by atoms with Gasteiger partial charge in [0.2, 0.25) is 29.1 Å². The lowest BCUT2D eigenvalue weighted by molar-refractivity contribution is -0.144. The van der Waals surface area contributed by atoms with Gasteiger partial charge in [0.15, 0.2) is 0 Å². The highest BCUT2D eigenvalue weighted by molar-refractivity contribution is 7.86. The van der Waals surface area contributed by atoms with Crippen molar-refractivity contribution in [2.24, 2.45) is 35.0 Å². The van der Waals surface area contributed by atoms with Crippen LogP contribution in [0.4, 0.5) is 0 Å². The molecule has 4 fully saturated rings. The zero-order valence-corrected chi connectivity index (χ0v) is 23.2. The molecule has 4 amide bonds. The first-order chi connectivity index (χ1) is 17.6. The van der Waals surface area contributed by atoms with E-state index in [9.17, 15) is 37.3 Å². The van der Waals surface area contributed by atoms with Gasteiger partial charge in [-0.2, -0.15) is 8.42 Å². The molecule has 2 aliphatic carbocycles. The van der Waals surface area contributed by atoms with Crippen LogP contribution in [0.5, 0.6) is 0 Å². The molecule has 12 nitrogen and oxygen atoms in total. The molecule has 2 heterocycles. The lowest BCUT2D eigenvalue weighted by Crippen LogP contribution is -2.59. The van der Waals surface area contributed by atoms with E-state index >= 15 is 0 Å². The minimum Gasteiger partial charge on any atom is -0.374 e. The SMILES string of the molecule is CC(C)CC(=O)N[C@H](C(=O)N1C[C@H]2[C@@H]([C@H]1C(=O)N[C@@H](C[C@@H]1CCNC1=O)C(O)S(=O)(=O)O)C2(C)C)C1CC1. The fraction of sp³-hybridized carbons (Fsp3) is 0.840. The highest BCUT2D eigenvalue weighted by Crippen LogP contribution is 2.65. The number of carbonyl (C=O) groups is 4. The van der Waals surface area contributed by atoms with E-state index in [1.54, 1.807) is 0 Å². The topological polar surface area (TPSA) is 182 Å². The maximum Gasteiger partial charge on any atom is 0.294 e. The second-order valence-corrected chi connectivity index (χ2v) is 13.9. The van der Waals surface area contributed by atoms with Crippen LogP contribution in [0.2, 0.25) is 0 Å². The van der Waals surface area contributed by atoms with Gasteiger partial charge in [0.05, 0.1) is 6.04 Å². The Hall–Kier alpha value is -2.25. The molecular weight excluding hydrogens is 516 g/mol.